The number of aliphatic carboxylic acids is 1. The molecule has 4 N–H and O–H groups in total. The van der Waals surface area contributed by atoms with Gasteiger partial charge in [0, 0.05) is 13.1 Å². The third-order valence-corrected chi connectivity index (χ3v) is 2.05. The smallest absolute Gasteiger partial charge is 0.306 e. The van der Waals surface area contributed by atoms with Crippen molar-refractivity contribution in [3.8, 4) is 0 Å². The molecule has 0 heterocycles. The number of amides is 1. The van der Waals surface area contributed by atoms with Gasteiger partial charge in [0.05, 0.1) is 12.5 Å². The number of nitrogens with one attached hydrogen (secondary N) is 1. The van der Waals surface area contributed by atoms with Gasteiger partial charge in [-0.15, -0.1) is 0 Å². The summed E-state index contributed by atoms with van der Waals surface area (Å²) in [4.78, 5) is 21.6. The van der Waals surface area contributed by atoms with Crippen molar-refractivity contribution in [2.75, 3.05) is 26.3 Å². The van der Waals surface area contributed by atoms with Crippen molar-refractivity contribution in [3.63, 3.8) is 0 Å². The zero-order chi connectivity index (χ0) is 12.4. The first-order valence-corrected chi connectivity index (χ1v) is 5.35. The van der Waals surface area contributed by atoms with E-state index >= 15 is 0 Å². The van der Waals surface area contributed by atoms with Crippen LogP contribution in [-0.2, 0) is 14.3 Å². The Hall–Kier alpha value is -1.14. The summed E-state index contributed by atoms with van der Waals surface area (Å²) < 4.78 is 4.93. The third kappa shape index (κ3) is 8.19. The SMILES string of the molecule is CC(CCCNC(=O)COCCN)C(=O)O. The molecule has 0 aromatic carbocycles. The summed E-state index contributed by atoms with van der Waals surface area (Å²) in [5.74, 6) is -1.38. The van der Waals surface area contributed by atoms with E-state index in [2.05, 4.69) is 5.32 Å². The van der Waals surface area contributed by atoms with Crippen LogP contribution in [0.25, 0.3) is 0 Å². The van der Waals surface area contributed by atoms with Gasteiger partial charge in [0.2, 0.25) is 5.91 Å². The predicted molar refractivity (Wildman–Crippen MR) is 58.9 cm³/mol. The van der Waals surface area contributed by atoms with Crippen LogP contribution in [-0.4, -0.2) is 43.3 Å². The summed E-state index contributed by atoms with van der Waals surface area (Å²) in [6.45, 7) is 2.88. The second-order valence-corrected chi connectivity index (χ2v) is 3.57. The van der Waals surface area contributed by atoms with E-state index in [1.54, 1.807) is 6.92 Å². The monoisotopic (exact) mass is 232 g/mol. The lowest BCUT2D eigenvalue weighted by atomic mass is 10.1. The summed E-state index contributed by atoms with van der Waals surface area (Å²) in [7, 11) is 0. The summed E-state index contributed by atoms with van der Waals surface area (Å²) in [5, 5.41) is 11.3. The summed E-state index contributed by atoms with van der Waals surface area (Å²) in [6, 6.07) is 0. The van der Waals surface area contributed by atoms with Crippen molar-refractivity contribution < 1.29 is 19.4 Å². The number of hydrogen-bond acceptors (Lipinski definition) is 4. The number of rotatable bonds is 9. The molecule has 0 saturated heterocycles. The molecule has 1 amide bonds. The number of carboxylic acid groups (broad SMARTS) is 1. The predicted octanol–water partition coefficient (Wildman–Crippen LogP) is -0.421. The molecule has 0 saturated carbocycles. The van der Waals surface area contributed by atoms with Crippen LogP contribution in [0.5, 0.6) is 0 Å². The van der Waals surface area contributed by atoms with Gasteiger partial charge in [0.1, 0.15) is 6.61 Å². The molecule has 16 heavy (non-hydrogen) atoms. The molecular weight excluding hydrogens is 212 g/mol. The van der Waals surface area contributed by atoms with E-state index in [0.29, 0.717) is 32.5 Å². The van der Waals surface area contributed by atoms with Crippen LogP contribution in [0.1, 0.15) is 19.8 Å². The third-order valence-electron chi connectivity index (χ3n) is 2.05. The van der Waals surface area contributed by atoms with Gasteiger partial charge < -0.3 is 20.9 Å². The first kappa shape index (κ1) is 14.9. The topological polar surface area (TPSA) is 102 Å². The summed E-state index contributed by atoms with van der Waals surface area (Å²) in [6.07, 6.45) is 1.20. The van der Waals surface area contributed by atoms with Crippen molar-refractivity contribution >= 4 is 11.9 Å². The highest BCUT2D eigenvalue weighted by Gasteiger charge is 2.09. The van der Waals surface area contributed by atoms with Crippen molar-refractivity contribution in [1.82, 2.24) is 5.32 Å². The van der Waals surface area contributed by atoms with E-state index in [1.165, 1.54) is 0 Å². The van der Waals surface area contributed by atoms with Gasteiger partial charge in [-0.1, -0.05) is 6.92 Å². The fraction of sp³-hybridized carbons (Fsp3) is 0.800. The Morgan fingerprint density at radius 1 is 1.50 bits per heavy atom. The number of carboxylic acids is 1. The standard InChI is InChI=1S/C10H20N2O4/c1-8(10(14)15)3-2-5-12-9(13)7-16-6-4-11/h8H,2-7,11H2,1H3,(H,12,13)(H,14,15). The minimum atomic E-state index is -0.808. The average Bonchev–Trinajstić information content (AvgIpc) is 2.24. The Morgan fingerprint density at radius 3 is 2.75 bits per heavy atom. The van der Waals surface area contributed by atoms with Crippen LogP contribution in [0.3, 0.4) is 0 Å². The maximum Gasteiger partial charge on any atom is 0.306 e. The number of carbonyl (C=O) groups is 2. The molecule has 1 atom stereocenters. The van der Waals surface area contributed by atoms with Gasteiger partial charge in [-0.05, 0) is 12.8 Å². The molecule has 0 bridgehead atoms. The van der Waals surface area contributed by atoms with Gasteiger partial charge in [-0.2, -0.15) is 0 Å². The van der Waals surface area contributed by atoms with Crippen molar-refractivity contribution in [2.24, 2.45) is 11.7 Å². The highest BCUT2D eigenvalue weighted by Crippen LogP contribution is 2.03. The van der Waals surface area contributed by atoms with Gasteiger partial charge in [0.15, 0.2) is 0 Å². The first-order chi connectivity index (χ1) is 7.57. The fourth-order valence-corrected chi connectivity index (χ4v) is 1.06. The molecule has 0 aliphatic heterocycles. The molecule has 0 radical (unpaired) electrons. The van der Waals surface area contributed by atoms with E-state index in [1.807, 2.05) is 0 Å². The second kappa shape index (κ2) is 9.11. The van der Waals surface area contributed by atoms with Crippen LogP contribution in [0.4, 0.5) is 0 Å². The van der Waals surface area contributed by atoms with Crippen molar-refractivity contribution in [2.45, 2.75) is 19.8 Å². The number of hydrogen-bond donors (Lipinski definition) is 3. The molecule has 0 rings (SSSR count). The molecule has 0 aromatic rings. The molecule has 0 aliphatic rings. The van der Waals surface area contributed by atoms with E-state index in [0.717, 1.165) is 0 Å². The Kier molecular flexibility index (Phi) is 8.46. The lowest BCUT2D eigenvalue weighted by molar-refractivity contribution is -0.141. The molecular formula is C10H20N2O4. The van der Waals surface area contributed by atoms with E-state index in [9.17, 15) is 9.59 Å². The normalized spacial score (nSPS) is 12.1. The fourth-order valence-electron chi connectivity index (χ4n) is 1.06. The lowest BCUT2D eigenvalue weighted by Gasteiger charge is -2.07. The van der Waals surface area contributed by atoms with E-state index in [-0.39, 0.29) is 18.4 Å². The van der Waals surface area contributed by atoms with Crippen LogP contribution in [0, 0.1) is 5.92 Å². The molecule has 94 valence electrons. The molecule has 0 aliphatic carbocycles. The Bertz CT molecular complexity index is 221. The highest BCUT2D eigenvalue weighted by molar-refractivity contribution is 5.77. The maximum absolute atomic E-state index is 11.1. The Labute approximate surface area is 95.1 Å². The molecule has 0 aromatic heterocycles. The van der Waals surface area contributed by atoms with Crippen LogP contribution >= 0.6 is 0 Å². The highest BCUT2D eigenvalue weighted by atomic mass is 16.5. The molecule has 6 nitrogen and oxygen atoms in total. The number of carbonyl (C=O) groups excluding carboxylic acids is 1. The number of nitrogens with two attached hydrogens (primary N) is 1. The Balaban J connectivity index is 3.37. The number of ether oxygens (including phenoxy) is 1. The largest absolute Gasteiger partial charge is 0.481 e. The zero-order valence-corrected chi connectivity index (χ0v) is 9.57. The zero-order valence-electron chi connectivity index (χ0n) is 9.57. The lowest BCUT2D eigenvalue weighted by Crippen LogP contribution is -2.29. The second-order valence-electron chi connectivity index (χ2n) is 3.57. The van der Waals surface area contributed by atoms with Crippen LogP contribution in [0.15, 0.2) is 0 Å². The van der Waals surface area contributed by atoms with E-state index in [4.69, 9.17) is 15.6 Å². The van der Waals surface area contributed by atoms with Gasteiger partial charge in [-0.25, -0.2) is 0 Å². The molecule has 0 spiro atoms. The average molecular weight is 232 g/mol. The molecule has 6 heteroatoms. The quantitative estimate of drug-likeness (QED) is 0.469. The molecule has 0 fully saturated rings. The van der Waals surface area contributed by atoms with Crippen molar-refractivity contribution in [1.29, 1.82) is 0 Å². The Morgan fingerprint density at radius 2 is 2.19 bits per heavy atom. The van der Waals surface area contributed by atoms with Gasteiger partial charge in [0.25, 0.3) is 0 Å². The first-order valence-electron chi connectivity index (χ1n) is 5.35. The van der Waals surface area contributed by atoms with Crippen LogP contribution in [0.2, 0.25) is 0 Å². The minimum absolute atomic E-state index is 0.00564. The summed E-state index contributed by atoms with van der Waals surface area (Å²) >= 11 is 0. The van der Waals surface area contributed by atoms with Gasteiger partial charge >= 0.3 is 5.97 Å². The maximum atomic E-state index is 11.1. The minimum Gasteiger partial charge on any atom is -0.481 e. The van der Waals surface area contributed by atoms with Crippen molar-refractivity contribution in [3.05, 3.63) is 0 Å². The summed E-state index contributed by atoms with van der Waals surface area (Å²) in [5.41, 5.74) is 5.19. The van der Waals surface area contributed by atoms with E-state index < -0.39 is 5.97 Å². The van der Waals surface area contributed by atoms with Crippen LogP contribution < -0.4 is 11.1 Å². The van der Waals surface area contributed by atoms with Gasteiger partial charge in [-0.3, -0.25) is 9.59 Å². The molecule has 1 unspecified atom stereocenters.